The summed E-state index contributed by atoms with van der Waals surface area (Å²) in [6.07, 6.45) is 3.76. The third-order valence-corrected chi connectivity index (χ3v) is 2.95. The number of rotatable bonds is 6. The van der Waals surface area contributed by atoms with Crippen LogP contribution in [-0.4, -0.2) is 25.5 Å². The number of benzene rings is 1. The molecule has 0 aliphatic carbocycles. The molecule has 0 fully saturated rings. The topological polar surface area (TPSA) is 55.4 Å². The maximum absolute atomic E-state index is 11.5. The Bertz CT molecular complexity index is 506. The average molecular weight is 275 g/mol. The first-order valence-corrected chi connectivity index (χ1v) is 6.69. The smallest absolute Gasteiger partial charge is 0.337 e. The van der Waals surface area contributed by atoms with Gasteiger partial charge in [-0.15, -0.1) is 0 Å². The molecule has 1 aromatic carbocycles. The van der Waals surface area contributed by atoms with E-state index in [1.807, 2.05) is 18.2 Å². The fourth-order valence-electron chi connectivity index (χ4n) is 1.86. The molecule has 1 rings (SSSR count). The van der Waals surface area contributed by atoms with E-state index in [0.29, 0.717) is 12.1 Å². The summed E-state index contributed by atoms with van der Waals surface area (Å²) in [7, 11) is 1.37. The highest BCUT2D eigenvalue weighted by atomic mass is 16.5. The Kier molecular flexibility index (Phi) is 6.50. The fraction of sp³-hybridized carbons (Fsp3) is 0.375. The van der Waals surface area contributed by atoms with Crippen molar-refractivity contribution in [3.8, 4) is 0 Å². The van der Waals surface area contributed by atoms with Gasteiger partial charge in [0.15, 0.2) is 0 Å². The van der Waals surface area contributed by atoms with Crippen molar-refractivity contribution in [2.75, 3.05) is 13.7 Å². The number of ether oxygens (including phenoxy) is 1. The van der Waals surface area contributed by atoms with Gasteiger partial charge in [0, 0.05) is 13.5 Å². The Balaban J connectivity index is 2.78. The standard InChI is InChI=1S/C16H21NO3/c1-4-13(8-9-17-12(2)18)10-14-6-5-7-15(11-14)16(19)20-3/h5-7,10-11H,4,8-9H2,1-3H3,(H,17,18). The summed E-state index contributed by atoms with van der Waals surface area (Å²) in [4.78, 5) is 22.3. The van der Waals surface area contributed by atoms with Crippen LogP contribution in [0.25, 0.3) is 6.08 Å². The molecule has 1 amide bonds. The number of amides is 1. The fourth-order valence-corrected chi connectivity index (χ4v) is 1.86. The van der Waals surface area contributed by atoms with Crippen molar-refractivity contribution in [2.45, 2.75) is 26.7 Å². The Morgan fingerprint density at radius 1 is 1.35 bits per heavy atom. The van der Waals surface area contributed by atoms with Gasteiger partial charge in [0.2, 0.25) is 5.91 Å². The summed E-state index contributed by atoms with van der Waals surface area (Å²) in [5.41, 5.74) is 2.73. The number of methoxy groups -OCH3 is 1. The zero-order valence-electron chi connectivity index (χ0n) is 12.2. The van der Waals surface area contributed by atoms with Gasteiger partial charge in [-0.1, -0.05) is 30.7 Å². The van der Waals surface area contributed by atoms with E-state index in [-0.39, 0.29) is 11.9 Å². The molecule has 0 heterocycles. The van der Waals surface area contributed by atoms with E-state index >= 15 is 0 Å². The van der Waals surface area contributed by atoms with Crippen LogP contribution >= 0.6 is 0 Å². The SMILES string of the molecule is CCC(=Cc1cccc(C(=O)OC)c1)CCNC(C)=O. The molecule has 0 aliphatic heterocycles. The number of hydrogen-bond donors (Lipinski definition) is 1. The predicted molar refractivity (Wildman–Crippen MR) is 79.4 cm³/mol. The molecule has 4 heteroatoms. The summed E-state index contributed by atoms with van der Waals surface area (Å²) in [6, 6.07) is 7.31. The molecular formula is C16H21NO3. The van der Waals surface area contributed by atoms with Crippen LogP contribution in [0.5, 0.6) is 0 Å². The minimum atomic E-state index is -0.337. The van der Waals surface area contributed by atoms with E-state index in [1.165, 1.54) is 19.6 Å². The highest BCUT2D eigenvalue weighted by molar-refractivity contribution is 5.90. The van der Waals surface area contributed by atoms with Crippen molar-refractivity contribution in [1.82, 2.24) is 5.32 Å². The molecule has 4 nitrogen and oxygen atoms in total. The molecule has 0 aliphatic rings. The third-order valence-electron chi connectivity index (χ3n) is 2.95. The molecule has 0 aromatic heterocycles. The molecule has 20 heavy (non-hydrogen) atoms. The van der Waals surface area contributed by atoms with Crippen LogP contribution in [0.2, 0.25) is 0 Å². The van der Waals surface area contributed by atoms with Gasteiger partial charge in [-0.05, 0) is 30.5 Å². The van der Waals surface area contributed by atoms with Crippen molar-refractivity contribution < 1.29 is 14.3 Å². The first-order chi connectivity index (χ1) is 9.56. The largest absolute Gasteiger partial charge is 0.465 e. The lowest BCUT2D eigenvalue weighted by Gasteiger charge is -2.06. The van der Waals surface area contributed by atoms with E-state index in [0.717, 1.165) is 18.4 Å². The maximum atomic E-state index is 11.5. The summed E-state index contributed by atoms with van der Waals surface area (Å²) >= 11 is 0. The Morgan fingerprint density at radius 3 is 2.70 bits per heavy atom. The van der Waals surface area contributed by atoms with Crippen LogP contribution in [0.15, 0.2) is 29.8 Å². The van der Waals surface area contributed by atoms with Gasteiger partial charge in [0.1, 0.15) is 0 Å². The number of carbonyl (C=O) groups is 2. The van der Waals surface area contributed by atoms with Crippen LogP contribution in [-0.2, 0) is 9.53 Å². The molecule has 0 radical (unpaired) electrons. The van der Waals surface area contributed by atoms with E-state index in [1.54, 1.807) is 12.1 Å². The average Bonchev–Trinajstić information content (AvgIpc) is 2.45. The van der Waals surface area contributed by atoms with Crippen molar-refractivity contribution in [3.63, 3.8) is 0 Å². The van der Waals surface area contributed by atoms with Crippen molar-refractivity contribution in [2.24, 2.45) is 0 Å². The lowest BCUT2D eigenvalue weighted by Crippen LogP contribution is -2.21. The van der Waals surface area contributed by atoms with Crippen LogP contribution in [0, 0.1) is 0 Å². The number of esters is 1. The molecule has 0 spiro atoms. The lowest BCUT2D eigenvalue weighted by molar-refractivity contribution is -0.118. The van der Waals surface area contributed by atoms with E-state index in [4.69, 9.17) is 4.74 Å². The molecule has 0 bridgehead atoms. The van der Waals surface area contributed by atoms with Crippen molar-refractivity contribution in [1.29, 1.82) is 0 Å². The van der Waals surface area contributed by atoms with Crippen molar-refractivity contribution >= 4 is 18.0 Å². The highest BCUT2D eigenvalue weighted by Gasteiger charge is 2.05. The molecule has 0 saturated carbocycles. The van der Waals surface area contributed by atoms with E-state index in [9.17, 15) is 9.59 Å². The quantitative estimate of drug-likeness (QED) is 0.812. The van der Waals surface area contributed by atoms with Crippen LogP contribution < -0.4 is 5.32 Å². The highest BCUT2D eigenvalue weighted by Crippen LogP contribution is 2.14. The van der Waals surface area contributed by atoms with Gasteiger partial charge in [-0.25, -0.2) is 4.79 Å². The van der Waals surface area contributed by atoms with E-state index in [2.05, 4.69) is 12.2 Å². The molecule has 108 valence electrons. The second-order valence-electron chi connectivity index (χ2n) is 4.51. The zero-order chi connectivity index (χ0) is 15.0. The second-order valence-corrected chi connectivity index (χ2v) is 4.51. The second kappa shape index (κ2) is 8.15. The summed E-state index contributed by atoms with van der Waals surface area (Å²) < 4.78 is 4.71. The van der Waals surface area contributed by atoms with Gasteiger partial charge in [-0.3, -0.25) is 4.79 Å². The molecule has 1 aromatic rings. The number of hydrogen-bond acceptors (Lipinski definition) is 3. The monoisotopic (exact) mass is 275 g/mol. The Hall–Kier alpha value is -2.10. The Labute approximate surface area is 119 Å². The molecular weight excluding hydrogens is 254 g/mol. The minimum Gasteiger partial charge on any atom is -0.465 e. The van der Waals surface area contributed by atoms with Gasteiger partial charge in [-0.2, -0.15) is 0 Å². The third kappa shape index (κ3) is 5.26. The van der Waals surface area contributed by atoms with Gasteiger partial charge in [0.05, 0.1) is 12.7 Å². The maximum Gasteiger partial charge on any atom is 0.337 e. The molecule has 0 saturated heterocycles. The van der Waals surface area contributed by atoms with E-state index < -0.39 is 0 Å². The minimum absolute atomic E-state index is 0.0202. The zero-order valence-corrected chi connectivity index (χ0v) is 12.2. The first kappa shape index (κ1) is 16.0. The van der Waals surface area contributed by atoms with Gasteiger partial charge in [0.25, 0.3) is 0 Å². The van der Waals surface area contributed by atoms with Gasteiger partial charge < -0.3 is 10.1 Å². The summed E-state index contributed by atoms with van der Waals surface area (Å²) in [6.45, 7) is 4.21. The molecule has 0 unspecified atom stereocenters. The molecule has 1 N–H and O–H groups in total. The summed E-state index contributed by atoms with van der Waals surface area (Å²) in [5, 5.41) is 2.78. The first-order valence-electron chi connectivity index (χ1n) is 6.69. The van der Waals surface area contributed by atoms with Crippen LogP contribution in [0.3, 0.4) is 0 Å². The van der Waals surface area contributed by atoms with Crippen LogP contribution in [0.4, 0.5) is 0 Å². The predicted octanol–water partition coefficient (Wildman–Crippen LogP) is 2.79. The Morgan fingerprint density at radius 2 is 2.10 bits per heavy atom. The summed E-state index contributed by atoms with van der Waals surface area (Å²) in [5.74, 6) is -0.357. The number of carbonyl (C=O) groups excluding carboxylic acids is 2. The van der Waals surface area contributed by atoms with Crippen molar-refractivity contribution in [3.05, 3.63) is 41.0 Å². The normalized spacial score (nSPS) is 11.1. The number of nitrogens with one attached hydrogen (secondary N) is 1. The molecule has 0 atom stereocenters. The van der Waals surface area contributed by atoms with Gasteiger partial charge >= 0.3 is 5.97 Å². The lowest BCUT2D eigenvalue weighted by atomic mass is 10.0. The van der Waals surface area contributed by atoms with Crippen LogP contribution in [0.1, 0.15) is 42.6 Å².